The second kappa shape index (κ2) is 5.21. The average molecular weight is 300 g/mol. The van der Waals surface area contributed by atoms with E-state index in [9.17, 15) is 22.3 Å². The molecule has 6 nitrogen and oxygen atoms in total. The van der Waals surface area contributed by atoms with E-state index in [4.69, 9.17) is 4.74 Å². The number of sulfonamides is 1. The van der Waals surface area contributed by atoms with Crippen LogP contribution in [0.2, 0.25) is 0 Å². The topological polar surface area (TPSA) is 78.9 Å². The monoisotopic (exact) mass is 300 g/mol. The molecule has 0 aromatic heterocycles. The highest BCUT2D eigenvalue weighted by molar-refractivity contribution is 7.88. The van der Waals surface area contributed by atoms with Crippen molar-refractivity contribution < 1.29 is 27.0 Å². The van der Waals surface area contributed by atoms with Crippen LogP contribution >= 0.6 is 0 Å². The van der Waals surface area contributed by atoms with E-state index in [1.54, 1.807) is 0 Å². The van der Waals surface area contributed by atoms with Crippen LogP contribution in [0.3, 0.4) is 0 Å². The summed E-state index contributed by atoms with van der Waals surface area (Å²) >= 11 is 0. The summed E-state index contributed by atoms with van der Waals surface area (Å²) in [6.07, 6.45) is -0.869. The van der Waals surface area contributed by atoms with E-state index < -0.39 is 34.2 Å². The van der Waals surface area contributed by atoms with Crippen molar-refractivity contribution in [3.63, 3.8) is 0 Å². The lowest BCUT2D eigenvalue weighted by Crippen LogP contribution is -2.46. The number of rotatable bonds is 4. The number of aliphatic hydroxyl groups excluding tert-OH is 1. The third-order valence-electron chi connectivity index (χ3n) is 3.34. The maximum Gasteiger partial charge on any atom is 0.261 e. The molecule has 2 heterocycles. The number of likely N-dealkylation sites (tertiary alicyclic amines) is 1. The summed E-state index contributed by atoms with van der Waals surface area (Å²) in [6, 6.07) is -0.719. The van der Waals surface area contributed by atoms with Crippen LogP contribution in [0.15, 0.2) is 0 Å². The molecule has 3 atom stereocenters. The fraction of sp³-hybridized carbons (Fsp3) is 1.00. The number of hydrogen-bond acceptors (Lipinski definition) is 5. The first-order valence-corrected chi connectivity index (χ1v) is 7.93. The highest BCUT2D eigenvalue weighted by Crippen LogP contribution is 2.28. The molecule has 0 saturated carbocycles. The van der Waals surface area contributed by atoms with Crippen molar-refractivity contribution in [2.24, 2.45) is 0 Å². The summed E-state index contributed by atoms with van der Waals surface area (Å²) in [5.74, 6) is -2.69. The van der Waals surface area contributed by atoms with Crippen LogP contribution in [0.25, 0.3) is 0 Å². The lowest BCUT2D eigenvalue weighted by molar-refractivity contribution is -0.00722. The van der Waals surface area contributed by atoms with E-state index in [1.165, 1.54) is 4.90 Å². The fourth-order valence-electron chi connectivity index (χ4n) is 2.44. The maximum atomic E-state index is 13.0. The SMILES string of the molecule is CS(=O)(=O)NC1COC(CN2CCC(F)(F)C2)C1O. The quantitative estimate of drug-likeness (QED) is 0.697. The molecular formula is C10H18F2N2O4S. The van der Waals surface area contributed by atoms with Crippen LogP contribution in [0.5, 0.6) is 0 Å². The third kappa shape index (κ3) is 4.06. The summed E-state index contributed by atoms with van der Waals surface area (Å²) < 4.78 is 55.8. The fourth-order valence-corrected chi connectivity index (χ4v) is 3.20. The Labute approximate surface area is 110 Å². The molecule has 112 valence electrons. The van der Waals surface area contributed by atoms with Gasteiger partial charge in [-0.1, -0.05) is 0 Å². The van der Waals surface area contributed by atoms with Gasteiger partial charge in [-0.25, -0.2) is 21.9 Å². The number of halogens is 2. The molecule has 19 heavy (non-hydrogen) atoms. The van der Waals surface area contributed by atoms with Gasteiger partial charge in [0.15, 0.2) is 0 Å². The molecule has 0 bridgehead atoms. The first-order valence-electron chi connectivity index (χ1n) is 6.03. The minimum atomic E-state index is -3.43. The van der Waals surface area contributed by atoms with Crippen LogP contribution in [0.4, 0.5) is 8.78 Å². The minimum Gasteiger partial charge on any atom is -0.389 e. The van der Waals surface area contributed by atoms with Crippen LogP contribution in [0.1, 0.15) is 6.42 Å². The van der Waals surface area contributed by atoms with Gasteiger partial charge in [0.1, 0.15) is 0 Å². The van der Waals surface area contributed by atoms with E-state index in [0.717, 1.165) is 6.26 Å². The molecule has 2 saturated heterocycles. The van der Waals surface area contributed by atoms with Gasteiger partial charge >= 0.3 is 0 Å². The second-order valence-electron chi connectivity index (χ2n) is 5.20. The zero-order valence-corrected chi connectivity index (χ0v) is 11.4. The minimum absolute atomic E-state index is 0.0448. The molecular weight excluding hydrogens is 282 g/mol. The van der Waals surface area contributed by atoms with Gasteiger partial charge < -0.3 is 9.84 Å². The number of nitrogens with one attached hydrogen (secondary N) is 1. The van der Waals surface area contributed by atoms with E-state index >= 15 is 0 Å². The first-order chi connectivity index (χ1) is 8.66. The van der Waals surface area contributed by atoms with Crippen molar-refractivity contribution >= 4 is 10.0 Å². The van der Waals surface area contributed by atoms with Crippen molar-refractivity contribution in [2.75, 3.05) is 32.5 Å². The largest absolute Gasteiger partial charge is 0.389 e. The van der Waals surface area contributed by atoms with Crippen molar-refractivity contribution in [3.8, 4) is 0 Å². The van der Waals surface area contributed by atoms with Gasteiger partial charge in [-0.05, 0) is 0 Å². The highest BCUT2D eigenvalue weighted by Gasteiger charge is 2.43. The van der Waals surface area contributed by atoms with Crippen molar-refractivity contribution in [1.29, 1.82) is 0 Å². The molecule has 9 heteroatoms. The third-order valence-corrected chi connectivity index (χ3v) is 4.07. The number of nitrogens with zero attached hydrogens (tertiary/aromatic N) is 1. The van der Waals surface area contributed by atoms with Gasteiger partial charge in [-0.3, -0.25) is 4.90 Å². The Morgan fingerprint density at radius 3 is 2.74 bits per heavy atom. The van der Waals surface area contributed by atoms with E-state index in [2.05, 4.69) is 4.72 Å². The molecule has 0 spiro atoms. The molecule has 0 amide bonds. The van der Waals surface area contributed by atoms with Crippen LogP contribution in [-0.2, 0) is 14.8 Å². The molecule has 2 N–H and O–H groups in total. The van der Waals surface area contributed by atoms with Crippen molar-refractivity contribution in [2.45, 2.75) is 30.6 Å². The second-order valence-corrected chi connectivity index (χ2v) is 6.98. The summed E-state index contributed by atoms with van der Waals surface area (Å²) in [7, 11) is -3.43. The van der Waals surface area contributed by atoms with Crippen LogP contribution in [-0.4, -0.2) is 75.1 Å². The van der Waals surface area contributed by atoms with Gasteiger partial charge in [-0.15, -0.1) is 0 Å². The van der Waals surface area contributed by atoms with Gasteiger partial charge in [0.25, 0.3) is 5.92 Å². The molecule has 0 aromatic carbocycles. The summed E-state index contributed by atoms with van der Waals surface area (Å²) in [5.41, 5.74) is 0. The number of hydrogen-bond donors (Lipinski definition) is 2. The predicted molar refractivity (Wildman–Crippen MR) is 63.5 cm³/mol. The van der Waals surface area contributed by atoms with Crippen LogP contribution < -0.4 is 4.72 Å². The van der Waals surface area contributed by atoms with Crippen molar-refractivity contribution in [1.82, 2.24) is 9.62 Å². The lowest BCUT2D eigenvalue weighted by Gasteiger charge is -2.23. The van der Waals surface area contributed by atoms with Gasteiger partial charge in [0.2, 0.25) is 10.0 Å². The predicted octanol–water partition coefficient (Wildman–Crippen LogP) is -0.995. The standard InChI is InChI=1S/C10H18F2N2O4S/c1-19(16,17)13-7-5-18-8(9(7)15)4-14-3-2-10(11,12)6-14/h7-9,13,15H,2-6H2,1H3. The number of alkyl halides is 2. The summed E-state index contributed by atoms with van der Waals surface area (Å²) in [6.45, 7) is 0.134. The Morgan fingerprint density at radius 2 is 2.21 bits per heavy atom. The molecule has 0 aliphatic carbocycles. The Kier molecular flexibility index (Phi) is 4.12. The summed E-state index contributed by atoms with van der Waals surface area (Å²) in [4.78, 5) is 1.52. The molecule has 0 aromatic rings. The number of aliphatic hydroxyl groups is 1. The molecule has 3 unspecified atom stereocenters. The smallest absolute Gasteiger partial charge is 0.261 e. The van der Waals surface area contributed by atoms with Gasteiger partial charge in [0.05, 0.1) is 37.7 Å². The normalized spacial score (nSPS) is 35.9. The zero-order valence-electron chi connectivity index (χ0n) is 10.6. The molecule has 0 radical (unpaired) electrons. The van der Waals surface area contributed by atoms with Crippen LogP contribution in [0, 0.1) is 0 Å². The Morgan fingerprint density at radius 1 is 1.53 bits per heavy atom. The average Bonchev–Trinajstić information content (AvgIpc) is 2.73. The van der Waals surface area contributed by atoms with E-state index in [-0.39, 0.29) is 32.7 Å². The van der Waals surface area contributed by atoms with Crippen molar-refractivity contribution in [3.05, 3.63) is 0 Å². The Hall–Kier alpha value is -0.350. The van der Waals surface area contributed by atoms with Gasteiger partial charge in [-0.2, -0.15) is 0 Å². The van der Waals surface area contributed by atoms with E-state index in [0.29, 0.717) is 0 Å². The highest BCUT2D eigenvalue weighted by atomic mass is 32.2. The molecule has 2 fully saturated rings. The summed E-state index contributed by atoms with van der Waals surface area (Å²) in [5, 5.41) is 9.94. The molecule has 2 aliphatic rings. The maximum absolute atomic E-state index is 13.0. The molecule has 2 aliphatic heterocycles. The zero-order chi connectivity index (χ0) is 14.3. The lowest BCUT2D eigenvalue weighted by atomic mass is 10.1. The van der Waals surface area contributed by atoms with Gasteiger partial charge in [0, 0.05) is 19.5 Å². The number of ether oxygens (including phenoxy) is 1. The molecule has 2 rings (SSSR count). The van der Waals surface area contributed by atoms with E-state index in [1.807, 2.05) is 0 Å². The Balaban J connectivity index is 1.87. The first kappa shape index (κ1) is 15.0. The Bertz CT molecular complexity index is 431.